The highest BCUT2D eigenvalue weighted by atomic mass is 35.5. The summed E-state index contributed by atoms with van der Waals surface area (Å²) in [7, 11) is -4.20. The van der Waals surface area contributed by atoms with Crippen LogP contribution in [0.3, 0.4) is 0 Å². The quantitative estimate of drug-likeness (QED) is 0.580. The van der Waals surface area contributed by atoms with Gasteiger partial charge in [-0.05, 0) is 29.5 Å². The maximum atomic E-state index is 10.6. The van der Waals surface area contributed by atoms with Gasteiger partial charge < -0.3 is 0 Å². The molecule has 1 N–H and O–H groups in total. The molecule has 0 saturated carbocycles. The first-order valence-corrected chi connectivity index (χ1v) is 5.02. The van der Waals surface area contributed by atoms with Crippen molar-refractivity contribution in [2.75, 3.05) is 0 Å². The number of hydrogen-bond donors (Lipinski definition) is 1. The van der Waals surface area contributed by atoms with Crippen LogP contribution in [0.5, 0.6) is 0 Å². The Kier molecular flexibility index (Phi) is 4.07. The zero-order chi connectivity index (χ0) is 9.23. The highest BCUT2D eigenvalue weighted by Gasteiger charge is 2.31. The molecule has 0 bridgehead atoms. The van der Waals surface area contributed by atoms with E-state index < -0.39 is 15.5 Å². The Hall–Kier alpha value is 0.450. The van der Waals surface area contributed by atoms with Crippen molar-refractivity contribution in [3.05, 3.63) is 0 Å². The van der Waals surface area contributed by atoms with Gasteiger partial charge in [-0.3, -0.25) is 4.55 Å². The summed E-state index contributed by atoms with van der Waals surface area (Å²) in [5.41, 5.74) is 0. The van der Waals surface area contributed by atoms with E-state index in [1.54, 1.807) is 13.8 Å². The summed E-state index contributed by atoms with van der Waals surface area (Å²) in [6.07, 6.45) is 0. The molecule has 0 aliphatic heterocycles. The molecule has 7 heteroatoms. The Balaban J connectivity index is 4.64. The van der Waals surface area contributed by atoms with Gasteiger partial charge in [0, 0.05) is 0 Å². The molecule has 0 spiro atoms. The van der Waals surface area contributed by atoms with Crippen LogP contribution in [-0.4, -0.2) is 22.3 Å². The molecular weight excluding hydrogens is 213 g/mol. The van der Waals surface area contributed by atoms with Crippen molar-refractivity contribution >= 4 is 33.7 Å². The first-order valence-electron chi connectivity index (χ1n) is 2.84. The lowest BCUT2D eigenvalue weighted by molar-refractivity contribution is 0.396. The van der Waals surface area contributed by atoms with E-state index in [2.05, 4.69) is 0 Å². The van der Waals surface area contributed by atoms with E-state index >= 15 is 0 Å². The maximum Gasteiger partial charge on any atom is 0.284 e. The van der Waals surface area contributed by atoms with Crippen LogP contribution < -0.4 is 0 Å². The molecule has 0 aliphatic rings. The minimum atomic E-state index is -4.20. The second-order valence-electron chi connectivity index (χ2n) is 2.41. The molecule has 0 aromatic rings. The van der Waals surface area contributed by atoms with Crippen LogP contribution in [0.25, 0.3) is 0 Å². The zero-order valence-electron chi connectivity index (χ0n) is 6.03. The number of hydrogen-bond acceptors (Lipinski definition) is 3. The molecule has 0 rings (SSSR count). The summed E-state index contributed by atoms with van der Waals surface area (Å²) in [6.45, 7) is 3.16. The highest BCUT2D eigenvalue weighted by molar-refractivity contribution is 7.86. The molecule has 0 fully saturated rings. The molecule has 0 amide bonds. The van der Waals surface area contributed by atoms with Gasteiger partial charge in [-0.2, -0.15) is 8.42 Å². The van der Waals surface area contributed by atoms with E-state index in [4.69, 9.17) is 28.1 Å². The predicted molar refractivity (Wildman–Crippen MR) is 43.7 cm³/mol. The third-order valence-electron chi connectivity index (χ3n) is 1.07. The first-order chi connectivity index (χ1) is 4.76. The van der Waals surface area contributed by atoms with Crippen LogP contribution in [0.15, 0.2) is 0 Å². The SMILES string of the molecule is CC(C)C(N(Cl)Cl)S(=O)(=O)O. The topological polar surface area (TPSA) is 57.6 Å². The molecule has 1 atom stereocenters. The summed E-state index contributed by atoms with van der Waals surface area (Å²) < 4.78 is 30.1. The third kappa shape index (κ3) is 3.57. The lowest BCUT2D eigenvalue weighted by Gasteiger charge is -2.19. The fraction of sp³-hybridized carbons (Fsp3) is 1.00. The summed E-state index contributed by atoms with van der Waals surface area (Å²) in [6, 6.07) is 0. The van der Waals surface area contributed by atoms with Gasteiger partial charge in [-0.1, -0.05) is 13.8 Å². The smallest absolute Gasteiger partial charge is 0.284 e. The third-order valence-corrected chi connectivity index (χ3v) is 3.09. The van der Waals surface area contributed by atoms with E-state index in [1.807, 2.05) is 0 Å². The van der Waals surface area contributed by atoms with Crippen molar-refractivity contribution in [1.82, 2.24) is 3.94 Å². The van der Waals surface area contributed by atoms with Crippen LogP contribution >= 0.6 is 23.6 Å². The predicted octanol–water partition coefficient (Wildman–Crippen LogP) is 1.47. The van der Waals surface area contributed by atoms with Crippen molar-refractivity contribution in [2.24, 2.45) is 5.92 Å². The van der Waals surface area contributed by atoms with Gasteiger partial charge in [0.15, 0.2) is 5.37 Å². The van der Waals surface area contributed by atoms with Crippen LogP contribution in [-0.2, 0) is 10.1 Å². The lowest BCUT2D eigenvalue weighted by atomic mass is 10.2. The summed E-state index contributed by atoms with van der Waals surface area (Å²) in [5, 5.41) is -1.27. The zero-order valence-corrected chi connectivity index (χ0v) is 8.36. The first kappa shape index (κ1) is 11.4. The van der Waals surface area contributed by atoms with Crippen molar-refractivity contribution in [3.63, 3.8) is 0 Å². The van der Waals surface area contributed by atoms with Crippen LogP contribution in [0, 0.1) is 5.92 Å². The summed E-state index contributed by atoms with van der Waals surface area (Å²) in [4.78, 5) is 0. The molecule has 0 aromatic carbocycles. The summed E-state index contributed by atoms with van der Waals surface area (Å²) in [5.74, 6) is -0.375. The van der Waals surface area contributed by atoms with Gasteiger partial charge in [0.05, 0.1) is 0 Å². The minimum Gasteiger partial charge on any atom is -0.284 e. The molecule has 11 heavy (non-hydrogen) atoms. The average molecular weight is 222 g/mol. The van der Waals surface area contributed by atoms with E-state index in [1.165, 1.54) is 0 Å². The fourth-order valence-corrected chi connectivity index (χ4v) is 2.61. The van der Waals surface area contributed by atoms with Crippen molar-refractivity contribution < 1.29 is 13.0 Å². The summed E-state index contributed by atoms with van der Waals surface area (Å²) >= 11 is 10.4. The molecule has 0 radical (unpaired) electrons. The van der Waals surface area contributed by atoms with Crippen LogP contribution in [0.1, 0.15) is 13.8 Å². The standard InChI is InChI=1S/C4H9Cl2NO3S/c1-3(2)4(7(5)6)11(8,9)10/h3-4H,1-2H3,(H,8,9,10). The largest absolute Gasteiger partial charge is 0.284 e. The monoisotopic (exact) mass is 221 g/mol. The van der Waals surface area contributed by atoms with E-state index in [9.17, 15) is 8.42 Å². The number of halogens is 2. The Labute approximate surface area is 76.1 Å². The van der Waals surface area contributed by atoms with Gasteiger partial charge in [-0.25, -0.2) is 0 Å². The molecule has 68 valence electrons. The van der Waals surface area contributed by atoms with Crippen LogP contribution in [0.2, 0.25) is 0 Å². The van der Waals surface area contributed by atoms with Crippen LogP contribution in [0.4, 0.5) is 0 Å². The maximum absolute atomic E-state index is 10.6. The van der Waals surface area contributed by atoms with Gasteiger partial charge in [-0.15, -0.1) is 3.94 Å². The highest BCUT2D eigenvalue weighted by Crippen LogP contribution is 2.20. The second kappa shape index (κ2) is 3.91. The Morgan fingerprint density at radius 1 is 1.36 bits per heavy atom. The molecule has 0 heterocycles. The molecule has 4 nitrogen and oxygen atoms in total. The molecule has 0 saturated heterocycles. The molecular formula is C4H9Cl2NO3S. The van der Waals surface area contributed by atoms with Gasteiger partial charge in [0.2, 0.25) is 0 Å². The molecule has 1 unspecified atom stereocenters. The second-order valence-corrected chi connectivity index (χ2v) is 4.82. The molecule has 0 aliphatic carbocycles. The Morgan fingerprint density at radius 3 is 1.73 bits per heavy atom. The van der Waals surface area contributed by atoms with E-state index in [-0.39, 0.29) is 5.92 Å². The van der Waals surface area contributed by atoms with Gasteiger partial charge in [0.25, 0.3) is 10.1 Å². The van der Waals surface area contributed by atoms with Gasteiger partial charge >= 0.3 is 0 Å². The van der Waals surface area contributed by atoms with E-state index in [0.717, 1.165) is 0 Å². The van der Waals surface area contributed by atoms with Crippen molar-refractivity contribution in [3.8, 4) is 0 Å². The normalized spacial score (nSPS) is 15.9. The number of rotatable bonds is 3. The van der Waals surface area contributed by atoms with Crippen molar-refractivity contribution in [2.45, 2.75) is 19.2 Å². The lowest BCUT2D eigenvalue weighted by Crippen LogP contribution is -2.34. The number of nitrogens with zero attached hydrogens (tertiary/aromatic N) is 1. The Morgan fingerprint density at radius 2 is 1.73 bits per heavy atom. The fourth-order valence-electron chi connectivity index (χ4n) is 0.670. The molecule has 0 aromatic heterocycles. The van der Waals surface area contributed by atoms with Crippen molar-refractivity contribution in [1.29, 1.82) is 0 Å². The minimum absolute atomic E-state index is 0.375. The van der Waals surface area contributed by atoms with E-state index in [0.29, 0.717) is 3.94 Å². The average Bonchev–Trinajstić information content (AvgIpc) is 1.54. The Bertz CT molecular complexity index is 205. The van der Waals surface area contributed by atoms with Gasteiger partial charge in [0.1, 0.15) is 0 Å².